The van der Waals surface area contributed by atoms with Gasteiger partial charge in [0.2, 0.25) is 5.96 Å². The van der Waals surface area contributed by atoms with Gasteiger partial charge in [0.05, 0.1) is 6.04 Å². The smallest absolute Gasteiger partial charge is 0.208 e. The van der Waals surface area contributed by atoms with Crippen molar-refractivity contribution in [3.63, 3.8) is 0 Å². The molecule has 0 saturated carbocycles. The van der Waals surface area contributed by atoms with E-state index in [0.717, 1.165) is 0 Å². The van der Waals surface area contributed by atoms with Crippen molar-refractivity contribution in [3.05, 3.63) is 35.6 Å². The Kier molecular flexibility index (Phi) is 4.25. The fourth-order valence-corrected chi connectivity index (χ4v) is 1.53. The summed E-state index contributed by atoms with van der Waals surface area (Å²) in [5, 5.41) is 0. The highest BCUT2D eigenvalue weighted by Crippen LogP contribution is 2.21. The standard InChI is InChI=1S/C11H17FN4/c1-8(16(3)11(14-2)15-13)9-6-4-5-7-10(9)12/h4-8H,13H2,1-3H3,(H,14,15). The van der Waals surface area contributed by atoms with Gasteiger partial charge in [0.15, 0.2) is 0 Å². The van der Waals surface area contributed by atoms with Crippen LogP contribution >= 0.6 is 0 Å². The maximum absolute atomic E-state index is 13.6. The Morgan fingerprint density at radius 3 is 2.62 bits per heavy atom. The van der Waals surface area contributed by atoms with Gasteiger partial charge in [-0.05, 0) is 13.0 Å². The molecule has 0 saturated heterocycles. The number of halogens is 1. The molecule has 0 fully saturated rings. The van der Waals surface area contributed by atoms with Crippen LogP contribution in [0.5, 0.6) is 0 Å². The molecule has 0 aliphatic carbocycles. The van der Waals surface area contributed by atoms with Crippen molar-refractivity contribution in [2.45, 2.75) is 13.0 Å². The van der Waals surface area contributed by atoms with Gasteiger partial charge in [-0.25, -0.2) is 10.2 Å². The molecule has 0 aliphatic rings. The van der Waals surface area contributed by atoms with Crippen LogP contribution in [0.4, 0.5) is 4.39 Å². The zero-order valence-corrected chi connectivity index (χ0v) is 9.74. The molecule has 16 heavy (non-hydrogen) atoms. The number of nitrogens with two attached hydrogens (primary N) is 1. The Morgan fingerprint density at radius 1 is 1.50 bits per heavy atom. The third-order valence-corrected chi connectivity index (χ3v) is 2.61. The van der Waals surface area contributed by atoms with Crippen LogP contribution in [0, 0.1) is 5.82 Å². The second kappa shape index (κ2) is 5.46. The van der Waals surface area contributed by atoms with E-state index < -0.39 is 0 Å². The van der Waals surface area contributed by atoms with Crippen LogP contribution in [-0.4, -0.2) is 25.0 Å². The molecule has 5 heteroatoms. The highest BCUT2D eigenvalue weighted by molar-refractivity contribution is 5.79. The third-order valence-electron chi connectivity index (χ3n) is 2.61. The number of hydrogen-bond acceptors (Lipinski definition) is 2. The second-order valence-electron chi connectivity index (χ2n) is 3.50. The first-order valence-corrected chi connectivity index (χ1v) is 5.02. The maximum atomic E-state index is 13.6. The molecule has 0 amide bonds. The molecule has 0 bridgehead atoms. The molecule has 88 valence electrons. The van der Waals surface area contributed by atoms with Gasteiger partial charge in [-0.2, -0.15) is 0 Å². The van der Waals surface area contributed by atoms with E-state index in [1.165, 1.54) is 6.07 Å². The van der Waals surface area contributed by atoms with Crippen molar-refractivity contribution >= 4 is 5.96 Å². The van der Waals surface area contributed by atoms with E-state index in [1.54, 1.807) is 37.2 Å². The van der Waals surface area contributed by atoms with Crippen molar-refractivity contribution in [1.82, 2.24) is 10.3 Å². The zero-order chi connectivity index (χ0) is 12.1. The van der Waals surface area contributed by atoms with Crippen LogP contribution in [0.3, 0.4) is 0 Å². The van der Waals surface area contributed by atoms with Gasteiger partial charge >= 0.3 is 0 Å². The third kappa shape index (κ3) is 2.49. The number of benzene rings is 1. The summed E-state index contributed by atoms with van der Waals surface area (Å²) in [6, 6.07) is 6.53. The fourth-order valence-electron chi connectivity index (χ4n) is 1.53. The normalized spacial score (nSPS) is 13.4. The van der Waals surface area contributed by atoms with Gasteiger partial charge in [0, 0.05) is 19.7 Å². The van der Waals surface area contributed by atoms with E-state index >= 15 is 0 Å². The van der Waals surface area contributed by atoms with Crippen molar-refractivity contribution in [2.24, 2.45) is 10.8 Å². The van der Waals surface area contributed by atoms with E-state index in [2.05, 4.69) is 10.4 Å². The molecule has 3 N–H and O–H groups in total. The molecule has 0 spiro atoms. The topological polar surface area (TPSA) is 53.6 Å². The Hall–Kier alpha value is -1.62. The van der Waals surface area contributed by atoms with Crippen LogP contribution in [-0.2, 0) is 0 Å². The summed E-state index contributed by atoms with van der Waals surface area (Å²) in [5.41, 5.74) is 3.09. The maximum Gasteiger partial charge on any atom is 0.208 e. The summed E-state index contributed by atoms with van der Waals surface area (Å²) in [6.07, 6.45) is 0. The molecule has 4 nitrogen and oxygen atoms in total. The first-order chi connectivity index (χ1) is 7.61. The summed E-state index contributed by atoms with van der Waals surface area (Å²) >= 11 is 0. The quantitative estimate of drug-likeness (QED) is 0.344. The molecule has 0 radical (unpaired) electrons. The fraction of sp³-hybridized carbons (Fsp3) is 0.364. The van der Waals surface area contributed by atoms with Gasteiger partial charge < -0.3 is 4.90 Å². The van der Waals surface area contributed by atoms with Crippen molar-refractivity contribution in [2.75, 3.05) is 14.1 Å². The Balaban J connectivity index is 2.94. The number of nitrogens with zero attached hydrogens (tertiary/aromatic N) is 2. The molecule has 1 unspecified atom stereocenters. The largest absolute Gasteiger partial charge is 0.338 e. The second-order valence-corrected chi connectivity index (χ2v) is 3.50. The van der Waals surface area contributed by atoms with Crippen molar-refractivity contribution < 1.29 is 4.39 Å². The van der Waals surface area contributed by atoms with Gasteiger partial charge in [-0.3, -0.25) is 10.4 Å². The SMILES string of the molecule is CN=C(NN)N(C)C(C)c1ccccc1F. The molecular formula is C11H17FN4. The monoisotopic (exact) mass is 224 g/mol. The number of hydrazine groups is 1. The molecule has 0 aromatic heterocycles. The first kappa shape index (κ1) is 12.4. The summed E-state index contributed by atoms with van der Waals surface area (Å²) in [4.78, 5) is 5.74. The van der Waals surface area contributed by atoms with Crippen molar-refractivity contribution in [3.8, 4) is 0 Å². The van der Waals surface area contributed by atoms with E-state index in [0.29, 0.717) is 11.5 Å². The summed E-state index contributed by atoms with van der Waals surface area (Å²) in [6.45, 7) is 1.89. The molecule has 1 atom stereocenters. The van der Waals surface area contributed by atoms with Gasteiger partial charge in [-0.15, -0.1) is 0 Å². The molecule has 1 rings (SSSR count). The van der Waals surface area contributed by atoms with Gasteiger partial charge in [-0.1, -0.05) is 18.2 Å². The van der Waals surface area contributed by atoms with E-state index in [1.807, 2.05) is 6.92 Å². The van der Waals surface area contributed by atoms with Crippen LogP contribution in [0.25, 0.3) is 0 Å². The van der Waals surface area contributed by atoms with Gasteiger partial charge in [0.1, 0.15) is 5.82 Å². The number of hydrogen-bond donors (Lipinski definition) is 2. The minimum atomic E-state index is -0.227. The summed E-state index contributed by atoms with van der Waals surface area (Å²) in [5.74, 6) is 5.60. The lowest BCUT2D eigenvalue weighted by atomic mass is 10.1. The van der Waals surface area contributed by atoms with E-state index in [4.69, 9.17) is 5.84 Å². The minimum absolute atomic E-state index is 0.143. The minimum Gasteiger partial charge on any atom is -0.338 e. The Labute approximate surface area is 94.9 Å². The molecule has 1 aromatic rings. The summed E-state index contributed by atoms with van der Waals surface area (Å²) < 4.78 is 13.6. The van der Waals surface area contributed by atoms with Crippen LogP contribution < -0.4 is 11.3 Å². The van der Waals surface area contributed by atoms with E-state index in [9.17, 15) is 4.39 Å². The Bertz CT molecular complexity index is 378. The highest BCUT2D eigenvalue weighted by atomic mass is 19.1. The van der Waals surface area contributed by atoms with Crippen molar-refractivity contribution in [1.29, 1.82) is 0 Å². The number of aliphatic imine (C=N–C) groups is 1. The molecule has 1 aromatic carbocycles. The lowest BCUT2D eigenvalue weighted by Crippen LogP contribution is -2.43. The van der Waals surface area contributed by atoms with Crippen LogP contribution in [0.2, 0.25) is 0 Å². The van der Waals surface area contributed by atoms with Crippen LogP contribution in [0.15, 0.2) is 29.3 Å². The predicted molar refractivity (Wildman–Crippen MR) is 63.3 cm³/mol. The summed E-state index contributed by atoms with van der Waals surface area (Å²) in [7, 11) is 3.43. The zero-order valence-electron chi connectivity index (χ0n) is 9.74. The average Bonchev–Trinajstić information content (AvgIpc) is 2.30. The highest BCUT2D eigenvalue weighted by Gasteiger charge is 2.17. The van der Waals surface area contributed by atoms with Gasteiger partial charge in [0.25, 0.3) is 0 Å². The van der Waals surface area contributed by atoms with Crippen LogP contribution in [0.1, 0.15) is 18.5 Å². The molecule has 0 aliphatic heterocycles. The lowest BCUT2D eigenvalue weighted by molar-refractivity contribution is 0.376. The first-order valence-electron chi connectivity index (χ1n) is 5.02. The Morgan fingerprint density at radius 2 is 2.12 bits per heavy atom. The average molecular weight is 224 g/mol. The number of guanidine groups is 1. The van der Waals surface area contributed by atoms with E-state index in [-0.39, 0.29) is 11.9 Å². The molecular weight excluding hydrogens is 207 g/mol. The lowest BCUT2D eigenvalue weighted by Gasteiger charge is -2.27. The predicted octanol–water partition coefficient (Wildman–Crippen LogP) is 1.27. The molecule has 0 heterocycles. The number of rotatable bonds is 2. The number of nitrogens with one attached hydrogen (secondary N) is 1.